The first-order chi connectivity index (χ1) is 12.2. The van der Waals surface area contributed by atoms with Gasteiger partial charge in [-0.3, -0.25) is 4.79 Å². The van der Waals surface area contributed by atoms with E-state index in [1.54, 1.807) is 19.1 Å². The zero-order valence-corrected chi connectivity index (χ0v) is 16.0. The summed E-state index contributed by atoms with van der Waals surface area (Å²) in [6.45, 7) is 0.373. The Labute approximate surface area is 163 Å². The molecule has 3 N–H and O–H groups in total. The summed E-state index contributed by atoms with van der Waals surface area (Å²) < 4.78 is 42.3. The normalized spacial score (nSPS) is 27.4. The minimum atomic E-state index is -4.43. The van der Waals surface area contributed by atoms with Crippen LogP contribution in [0.5, 0.6) is 5.75 Å². The lowest BCUT2D eigenvalue weighted by atomic mass is 9.65. The molecule has 2 atom stereocenters. The summed E-state index contributed by atoms with van der Waals surface area (Å²) in [6, 6.07) is 5.00. The number of aryl methyl sites for hydroxylation is 1. The second kappa shape index (κ2) is 8.69. The van der Waals surface area contributed by atoms with Gasteiger partial charge in [-0.25, -0.2) is 0 Å². The zero-order chi connectivity index (χ0) is 18.9. The third-order valence-corrected chi connectivity index (χ3v) is 5.57. The van der Waals surface area contributed by atoms with Crippen LogP contribution in [0.15, 0.2) is 18.2 Å². The lowest BCUT2D eigenvalue weighted by Gasteiger charge is -2.43. The molecule has 0 aliphatic heterocycles. The number of carbonyl (C=O) groups is 1. The molecule has 27 heavy (non-hydrogen) atoms. The molecular weight excluding hydrogens is 381 g/mol. The van der Waals surface area contributed by atoms with E-state index >= 15 is 0 Å². The standard InChI is InChI=1S/C19H25F3N2O2.ClH/c1-11-5-6-15(16(7-11)26-10-19(20,21)22)24-18(25)14-8-12-3-2-4-13(9-14)17(12)23;/h5-7,12-14,17H,2-4,8-10,23H2,1H3,(H,24,25);1H. The Bertz CT molecular complexity index is 655. The van der Waals surface area contributed by atoms with Gasteiger partial charge in [0.15, 0.2) is 6.61 Å². The quantitative estimate of drug-likeness (QED) is 0.776. The first kappa shape index (κ1) is 21.8. The third kappa shape index (κ3) is 5.51. The molecule has 0 heterocycles. The second-order valence-corrected chi connectivity index (χ2v) is 7.59. The Morgan fingerprint density at radius 3 is 2.48 bits per heavy atom. The molecule has 8 heteroatoms. The van der Waals surface area contributed by atoms with E-state index in [0.29, 0.717) is 11.8 Å². The molecule has 2 unspecified atom stereocenters. The van der Waals surface area contributed by atoms with Crippen molar-refractivity contribution in [3.63, 3.8) is 0 Å². The molecular formula is C19H26ClF3N2O2. The van der Waals surface area contributed by atoms with E-state index in [-0.39, 0.29) is 41.7 Å². The fourth-order valence-electron chi connectivity index (χ4n) is 4.25. The highest BCUT2D eigenvalue weighted by atomic mass is 35.5. The molecule has 2 fully saturated rings. The van der Waals surface area contributed by atoms with Crippen molar-refractivity contribution in [2.75, 3.05) is 11.9 Å². The van der Waals surface area contributed by atoms with Crippen molar-refractivity contribution in [2.24, 2.45) is 23.5 Å². The van der Waals surface area contributed by atoms with E-state index in [1.807, 2.05) is 0 Å². The summed E-state index contributed by atoms with van der Waals surface area (Å²) in [5.74, 6) is 0.453. The summed E-state index contributed by atoms with van der Waals surface area (Å²) in [5, 5.41) is 2.78. The number of nitrogens with two attached hydrogens (primary N) is 1. The molecule has 2 bridgehead atoms. The summed E-state index contributed by atoms with van der Waals surface area (Å²) in [5.41, 5.74) is 7.31. The average Bonchev–Trinajstić information content (AvgIpc) is 2.54. The minimum Gasteiger partial charge on any atom is -0.482 e. The molecule has 3 rings (SSSR count). The summed E-state index contributed by atoms with van der Waals surface area (Å²) in [4.78, 5) is 12.7. The van der Waals surface area contributed by atoms with Gasteiger partial charge in [-0.05, 0) is 62.1 Å². The Balaban J connectivity index is 0.00000261. The smallest absolute Gasteiger partial charge is 0.422 e. The zero-order valence-electron chi connectivity index (χ0n) is 15.2. The fraction of sp³-hybridized carbons (Fsp3) is 0.632. The number of carbonyl (C=O) groups excluding carboxylic acids is 1. The van der Waals surface area contributed by atoms with Gasteiger partial charge in [-0.15, -0.1) is 12.4 Å². The molecule has 1 aromatic rings. The molecule has 1 aromatic carbocycles. The highest BCUT2D eigenvalue weighted by Crippen LogP contribution is 2.42. The molecule has 152 valence electrons. The van der Waals surface area contributed by atoms with Crippen molar-refractivity contribution >= 4 is 24.0 Å². The van der Waals surface area contributed by atoms with Crippen molar-refractivity contribution in [2.45, 2.75) is 51.2 Å². The first-order valence-electron chi connectivity index (χ1n) is 9.09. The number of nitrogens with one attached hydrogen (secondary N) is 1. The number of amides is 1. The number of fused-ring (bicyclic) bond motifs is 2. The van der Waals surface area contributed by atoms with Crippen molar-refractivity contribution < 1.29 is 22.7 Å². The maximum absolute atomic E-state index is 12.7. The van der Waals surface area contributed by atoms with E-state index < -0.39 is 12.8 Å². The van der Waals surface area contributed by atoms with Gasteiger partial charge in [0.1, 0.15) is 5.75 Å². The van der Waals surface area contributed by atoms with Crippen molar-refractivity contribution in [3.05, 3.63) is 23.8 Å². The van der Waals surface area contributed by atoms with E-state index in [4.69, 9.17) is 10.5 Å². The van der Waals surface area contributed by atoms with Crippen LogP contribution in [0.3, 0.4) is 0 Å². The summed E-state index contributed by atoms with van der Waals surface area (Å²) >= 11 is 0. The van der Waals surface area contributed by atoms with Crippen LogP contribution in [0, 0.1) is 24.7 Å². The molecule has 0 saturated heterocycles. The van der Waals surface area contributed by atoms with E-state index in [1.165, 1.54) is 6.07 Å². The highest BCUT2D eigenvalue weighted by molar-refractivity contribution is 5.94. The molecule has 2 saturated carbocycles. The van der Waals surface area contributed by atoms with Crippen LogP contribution in [0.4, 0.5) is 18.9 Å². The van der Waals surface area contributed by atoms with Gasteiger partial charge in [0.05, 0.1) is 5.69 Å². The molecule has 0 spiro atoms. The van der Waals surface area contributed by atoms with E-state index in [0.717, 1.165) is 37.7 Å². The second-order valence-electron chi connectivity index (χ2n) is 7.59. The third-order valence-electron chi connectivity index (χ3n) is 5.57. The Morgan fingerprint density at radius 2 is 1.89 bits per heavy atom. The number of halogens is 4. The molecule has 1 amide bonds. The largest absolute Gasteiger partial charge is 0.482 e. The van der Waals surface area contributed by atoms with Gasteiger partial charge in [-0.2, -0.15) is 13.2 Å². The lowest BCUT2D eigenvalue weighted by molar-refractivity contribution is -0.153. The van der Waals surface area contributed by atoms with E-state index in [9.17, 15) is 18.0 Å². The van der Waals surface area contributed by atoms with Gasteiger partial charge < -0.3 is 15.8 Å². The number of hydrogen-bond donors (Lipinski definition) is 2. The SMILES string of the molecule is Cc1ccc(NC(=O)C2CC3CCCC(C2)C3N)c(OCC(F)(F)F)c1.Cl. The summed E-state index contributed by atoms with van der Waals surface area (Å²) in [7, 11) is 0. The van der Waals surface area contributed by atoms with Crippen molar-refractivity contribution in [1.82, 2.24) is 0 Å². The van der Waals surface area contributed by atoms with Crippen LogP contribution >= 0.6 is 12.4 Å². The molecule has 2 aliphatic carbocycles. The number of benzene rings is 1. The number of ether oxygens (including phenoxy) is 1. The number of anilines is 1. The monoisotopic (exact) mass is 406 g/mol. The van der Waals surface area contributed by atoms with Crippen LogP contribution in [0.25, 0.3) is 0 Å². The molecule has 0 radical (unpaired) electrons. The van der Waals surface area contributed by atoms with Crippen LogP contribution < -0.4 is 15.8 Å². The van der Waals surface area contributed by atoms with Crippen molar-refractivity contribution in [1.29, 1.82) is 0 Å². The maximum atomic E-state index is 12.7. The fourth-order valence-corrected chi connectivity index (χ4v) is 4.25. The Kier molecular flexibility index (Phi) is 7.03. The number of alkyl halides is 3. The maximum Gasteiger partial charge on any atom is 0.422 e. The van der Waals surface area contributed by atoms with Gasteiger partial charge in [-0.1, -0.05) is 12.5 Å². The Morgan fingerprint density at radius 1 is 1.26 bits per heavy atom. The van der Waals surface area contributed by atoms with Crippen LogP contribution in [-0.2, 0) is 4.79 Å². The Hall–Kier alpha value is -1.47. The predicted molar refractivity (Wildman–Crippen MR) is 100 cm³/mol. The first-order valence-corrected chi connectivity index (χ1v) is 9.09. The van der Waals surface area contributed by atoms with Gasteiger partial charge in [0.25, 0.3) is 0 Å². The lowest BCUT2D eigenvalue weighted by Crippen LogP contribution is -2.48. The van der Waals surface area contributed by atoms with Gasteiger partial charge in [0, 0.05) is 12.0 Å². The molecule has 2 aliphatic rings. The summed E-state index contributed by atoms with van der Waals surface area (Å²) in [6.07, 6.45) is 0.312. The van der Waals surface area contributed by atoms with Crippen molar-refractivity contribution in [3.8, 4) is 5.75 Å². The highest BCUT2D eigenvalue weighted by Gasteiger charge is 2.40. The van der Waals surface area contributed by atoms with Gasteiger partial charge >= 0.3 is 6.18 Å². The van der Waals surface area contributed by atoms with Crippen LogP contribution in [-0.4, -0.2) is 24.7 Å². The molecule has 4 nitrogen and oxygen atoms in total. The van der Waals surface area contributed by atoms with Crippen LogP contribution in [0.1, 0.15) is 37.7 Å². The number of rotatable bonds is 4. The molecule has 0 aromatic heterocycles. The van der Waals surface area contributed by atoms with Crippen LogP contribution in [0.2, 0.25) is 0 Å². The van der Waals surface area contributed by atoms with E-state index in [2.05, 4.69) is 5.32 Å². The topological polar surface area (TPSA) is 64.4 Å². The number of hydrogen-bond acceptors (Lipinski definition) is 3. The predicted octanol–water partition coefficient (Wildman–Crippen LogP) is 4.45. The van der Waals surface area contributed by atoms with Gasteiger partial charge in [0.2, 0.25) is 5.91 Å². The minimum absolute atomic E-state index is 0. The average molecular weight is 407 g/mol.